The van der Waals surface area contributed by atoms with Gasteiger partial charge >= 0.3 is 0 Å². The molecule has 1 aromatic heterocycles. The number of rotatable bonds is 2. The zero-order chi connectivity index (χ0) is 18.4. The van der Waals surface area contributed by atoms with Crippen LogP contribution in [-0.4, -0.2) is 26.2 Å². The first-order chi connectivity index (χ1) is 13.1. The van der Waals surface area contributed by atoms with Crippen LogP contribution in [0.5, 0.6) is 0 Å². The van der Waals surface area contributed by atoms with E-state index in [0.717, 1.165) is 32.6 Å². The van der Waals surface area contributed by atoms with Gasteiger partial charge in [0.15, 0.2) is 0 Å². The monoisotopic (exact) mass is 378 g/mol. The van der Waals surface area contributed by atoms with Gasteiger partial charge in [0.05, 0.1) is 0 Å². The first-order valence-corrected chi connectivity index (χ1v) is 11.3. The normalized spacial score (nSPS) is 28.6. The molecular weight excluding hydrogens is 348 g/mol. The summed E-state index contributed by atoms with van der Waals surface area (Å²) in [5.41, 5.74) is 6.60. The highest BCUT2D eigenvalue weighted by atomic mass is 32.1. The Morgan fingerprint density at radius 1 is 1.07 bits per heavy atom. The van der Waals surface area contributed by atoms with Gasteiger partial charge in [-0.2, -0.15) is 0 Å². The smallest absolute Gasteiger partial charge is 0.0348 e. The molecule has 3 aliphatic rings. The number of hydrogen-bond donors (Lipinski definition) is 2. The van der Waals surface area contributed by atoms with Gasteiger partial charge in [0.1, 0.15) is 0 Å². The summed E-state index contributed by atoms with van der Waals surface area (Å²) in [7, 11) is 0. The van der Waals surface area contributed by atoms with Crippen molar-refractivity contribution in [2.24, 2.45) is 11.3 Å². The summed E-state index contributed by atoms with van der Waals surface area (Å²) >= 11 is 2.04. The first-order valence-electron chi connectivity index (χ1n) is 10.5. The van der Waals surface area contributed by atoms with Gasteiger partial charge < -0.3 is 10.6 Å². The summed E-state index contributed by atoms with van der Waals surface area (Å²) in [4.78, 5) is 1.64. The number of fused-ring (bicyclic) bond motifs is 3. The largest absolute Gasteiger partial charge is 0.313 e. The zero-order valence-corrected chi connectivity index (χ0v) is 17.3. The molecule has 0 fully saturated rings. The fraction of sp³-hybridized carbons (Fsp3) is 0.500. The molecule has 2 aromatic rings. The molecule has 2 nitrogen and oxygen atoms in total. The molecule has 0 amide bonds. The van der Waals surface area contributed by atoms with Crippen LogP contribution in [0.3, 0.4) is 0 Å². The van der Waals surface area contributed by atoms with E-state index in [-0.39, 0.29) is 0 Å². The number of benzene rings is 1. The number of hydrogen-bond acceptors (Lipinski definition) is 3. The van der Waals surface area contributed by atoms with Gasteiger partial charge in [0.2, 0.25) is 0 Å². The highest BCUT2D eigenvalue weighted by Crippen LogP contribution is 2.50. The van der Waals surface area contributed by atoms with Gasteiger partial charge in [-0.25, -0.2) is 0 Å². The Kier molecular flexibility index (Phi) is 4.50. The molecule has 142 valence electrons. The quantitative estimate of drug-likeness (QED) is 0.724. The van der Waals surface area contributed by atoms with Gasteiger partial charge in [0.25, 0.3) is 0 Å². The van der Waals surface area contributed by atoms with Crippen molar-refractivity contribution >= 4 is 27.0 Å². The van der Waals surface area contributed by atoms with E-state index in [1.165, 1.54) is 40.5 Å². The molecule has 0 spiro atoms. The van der Waals surface area contributed by atoms with Crippen LogP contribution in [-0.2, 0) is 12.8 Å². The number of nitrogens with one attached hydrogen (secondary N) is 2. The topological polar surface area (TPSA) is 24.1 Å². The summed E-state index contributed by atoms with van der Waals surface area (Å²) in [6.07, 6.45) is 9.65. The second-order valence-corrected chi connectivity index (χ2v) is 9.92. The van der Waals surface area contributed by atoms with E-state index in [0.29, 0.717) is 11.3 Å². The Labute approximate surface area is 166 Å². The molecule has 5 rings (SSSR count). The minimum Gasteiger partial charge on any atom is -0.313 e. The lowest BCUT2D eigenvalue weighted by Crippen LogP contribution is -2.38. The zero-order valence-electron chi connectivity index (χ0n) is 16.5. The van der Waals surface area contributed by atoms with E-state index in [2.05, 4.69) is 54.8 Å². The third-order valence-electron chi connectivity index (χ3n) is 7.23. The van der Waals surface area contributed by atoms with Gasteiger partial charge in [-0.3, -0.25) is 0 Å². The van der Waals surface area contributed by atoms with Crippen molar-refractivity contribution in [1.29, 1.82) is 0 Å². The Bertz CT molecular complexity index is 935. The summed E-state index contributed by atoms with van der Waals surface area (Å²) in [5.74, 6) is 0.717. The van der Waals surface area contributed by atoms with Crippen molar-refractivity contribution in [3.63, 3.8) is 0 Å². The Morgan fingerprint density at radius 2 is 1.89 bits per heavy atom. The summed E-state index contributed by atoms with van der Waals surface area (Å²) < 4.78 is 1.48. The van der Waals surface area contributed by atoms with Crippen LogP contribution >= 0.6 is 11.3 Å². The van der Waals surface area contributed by atoms with Crippen molar-refractivity contribution in [3.05, 3.63) is 51.9 Å². The van der Waals surface area contributed by atoms with Crippen LogP contribution in [0, 0.1) is 11.3 Å². The van der Waals surface area contributed by atoms with E-state index >= 15 is 0 Å². The van der Waals surface area contributed by atoms with Crippen LogP contribution in [0.4, 0.5) is 0 Å². The molecule has 3 heterocycles. The van der Waals surface area contributed by atoms with Crippen molar-refractivity contribution in [3.8, 4) is 0 Å². The first kappa shape index (κ1) is 17.7. The molecule has 0 bridgehead atoms. The van der Waals surface area contributed by atoms with Gasteiger partial charge in [0, 0.05) is 22.7 Å². The Hall–Kier alpha value is -1.42. The van der Waals surface area contributed by atoms with E-state index in [9.17, 15) is 0 Å². The maximum atomic E-state index is 3.49. The highest BCUT2D eigenvalue weighted by molar-refractivity contribution is 7.19. The summed E-state index contributed by atoms with van der Waals surface area (Å²) in [5, 5.41) is 8.45. The molecule has 27 heavy (non-hydrogen) atoms. The van der Waals surface area contributed by atoms with Crippen LogP contribution < -0.4 is 10.6 Å². The Morgan fingerprint density at radius 3 is 2.63 bits per heavy atom. The minimum absolute atomic E-state index is 0.313. The van der Waals surface area contributed by atoms with Crippen LogP contribution in [0.1, 0.15) is 42.7 Å². The van der Waals surface area contributed by atoms with Gasteiger partial charge in [-0.05, 0) is 84.3 Å². The maximum absolute atomic E-state index is 3.49. The van der Waals surface area contributed by atoms with Gasteiger partial charge in [-0.1, -0.05) is 37.6 Å². The van der Waals surface area contributed by atoms with Crippen molar-refractivity contribution in [1.82, 2.24) is 10.6 Å². The van der Waals surface area contributed by atoms with Crippen LogP contribution in [0.2, 0.25) is 0 Å². The summed E-state index contributed by atoms with van der Waals surface area (Å²) in [6.45, 7) is 9.29. The van der Waals surface area contributed by atoms with E-state index in [4.69, 9.17) is 0 Å². The Balaban J connectivity index is 1.57. The molecule has 0 saturated heterocycles. The van der Waals surface area contributed by atoms with Crippen molar-refractivity contribution in [2.75, 3.05) is 26.2 Å². The lowest BCUT2D eigenvalue weighted by atomic mass is 9.62. The van der Waals surface area contributed by atoms with Crippen LogP contribution in [0.15, 0.2) is 35.9 Å². The average Bonchev–Trinajstić information content (AvgIpc) is 3.06. The third-order valence-corrected chi connectivity index (χ3v) is 8.47. The average molecular weight is 379 g/mol. The summed E-state index contributed by atoms with van der Waals surface area (Å²) in [6, 6.07) is 7.22. The lowest BCUT2D eigenvalue weighted by Gasteiger charge is -2.43. The predicted octanol–water partition coefficient (Wildman–Crippen LogP) is 4.94. The molecule has 2 atom stereocenters. The van der Waals surface area contributed by atoms with E-state index in [1.807, 2.05) is 11.3 Å². The highest BCUT2D eigenvalue weighted by Gasteiger charge is 2.40. The fourth-order valence-electron chi connectivity index (χ4n) is 5.26. The molecule has 3 heteroatoms. The second-order valence-electron chi connectivity index (χ2n) is 8.78. The standard InChI is InChI=1S/C24H30N2S/c1-16-13-23-21(15-24(16,2)19-7-11-26-12-8-19)20-14-18(3-4-22(20)27-23)17-5-9-25-10-6-17/h3-5,7,14,16,25-26H,6,8-13,15H2,1-2H3. The molecule has 1 aromatic carbocycles. The van der Waals surface area contributed by atoms with E-state index < -0.39 is 0 Å². The number of thiophene rings is 1. The van der Waals surface area contributed by atoms with Gasteiger partial charge in [-0.15, -0.1) is 11.3 Å². The second kappa shape index (κ2) is 6.88. The molecule has 2 unspecified atom stereocenters. The van der Waals surface area contributed by atoms with E-state index in [1.54, 1.807) is 16.0 Å². The molecule has 1 aliphatic carbocycles. The SMILES string of the molecule is CC1Cc2sc3ccc(C4=CCNCC4)cc3c2CC1(C)C1=CCNCC1. The molecular formula is C24H30N2S. The third kappa shape index (κ3) is 3.00. The molecule has 2 N–H and O–H groups in total. The maximum Gasteiger partial charge on any atom is 0.0348 e. The van der Waals surface area contributed by atoms with Crippen molar-refractivity contribution in [2.45, 2.75) is 39.5 Å². The fourth-order valence-corrected chi connectivity index (χ4v) is 6.59. The van der Waals surface area contributed by atoms with Crippen LogP contribution in [0.25, 0.3) is 15.7 Å². The molecule has 0 saturated carbocycles. The molecule has 2 aliphatic heterocycles. The van der Waals surface area contributed by atoms with Crippen molar-refractivity contribution < 1.29 is 0 Å². The predicted molar refractivity (Wildman–Crippen MR) is 118 cm³/mol. The molecule has 0 radical (unpaired) electrons. The lowest BCUT2D eigenvalue weighted by molar-refractivity contribution is 0.228. The minimum atomic E-state index is 0.313.